The number of nitrogens with zero attached hydrogens (tertiary/aromatic N) is 2. The van der Waals surface area contributed by atoms with Crippen molar-refractivity contribution in [2.24, 2.45) is 17.6 Å². The molecule has 1 saturated heterocycles. The maximum Gasteiger partial charge on any atom is 0.303 e. The van der Waals surface area contributed by atoms with Crippen molar-refractivity contribution in [3.05, 3.63) is 71.2 Å². The number of likely N-dealkylation sites (tertiary alicyclic amines) is 1. The fourth-order valence-corrected chi connectivity index (χ4v) is 5.18. The molecular formula is C29H30F3N3O3. The number of carboxylic acids is 1. The molecule has 0 aliphatic carbocycles. The quantitative estimate of drug-likeness (QED) is 0.407. The maximum atomic E-state index is 14.8. The van der Waals surface area contributed by atoms with Gasteiger partial charge in [-0.2, -0.15) is 0 Å². The van der Waals surface area contributed by atoms with Gasteiger partial charge in [0.25, 0.3) is 0 Å². The summed E-state index contributed by atoms with van der Waals surface area (Å²) in [6, 6.07) is 7.77. The monoisotopic (exact) mass is 525 g/mol. The molecule has 2 heterocycles. The third-order valence-corrected chi connectivity index (χ3v) is 7.15. The number of pyridine rings is 1. The Hall–Kier alpha value is -3.61. The average Bonchev–Trinajstić information content (AvgIpc) is 2.89. The van der Waals surface area contributed by atoms with E-state index < -0.39 is 29.5 Å². The van der Waals surface area contributed by atoms with E-state index in [2.05, 4.69) is 16.8 Å². The van der Waals surface area contributed by atoms with E-state index in [9.17, 15) is 23.1 Å². The van der Waals surface area contributed by atoms with Crippen LogP contribution in [-0.2, 0) is 4.79 Å². The largest absolute Gasteiger partial charge is 0.497 e. The van der Waals surface area contributed by atoms with Crippen molar-refractivity contribution in [1.82, 2.24) is 9.88 Å². The van der Waals surface area contributed by atoms with Crippen LogP contribution in [0.25, 0.3) is 10.9 Å². The number of methoxy groups -OCH3 is 1. The molecule has 0 spiro atoms. The summed E-state index contributed by atoms with van der Waals surface area (Å²) in [7, 11) is 1.54. The number of piperidine rings is 1. The van der Waals surface area contributed by atoms with Crippen molar-refractivity contribution in [1.29, 1.82) is 0 Å². The molecule has 0 amide bonds. The van der Waals surface area contributed by atoms with Crippen molar-refractivity contribution < 1.29 is 27.8 Å². The minimum atomic E-state index is -0.891. The van der Waals surface area contributed by atoms with Crippen LogP contribution in [0.3, 0.4) is 0 Å². The van der Waals surface area contributed by atoms with E-state index in [1.54, 1.807) is 18.2 Å². The summed E-state index contributed by atoms with van der Waals surface area (Å²) >= 11 is 0. The van der Waals surface area contributed by atoms with Crippen molar-refractivity contribution in [3.63, 3.8) is 0 Å². The highest BCUT2D eigenvalue weighted by atomic mass is 19.1. The first-order chi connectivity index (χ1) is 18.2. The number of aromatic nitrogens is 1. The number of nitrogens with two attached hydrogens (primary N) is 1. The number of carboxylic acid groups (broad SMARTS) is 1. The van der Waals surface area contributed by atoms with Crippen LogP contribution in [-0.4, -0.2) is 47.7 Å². The summed E-state index contributed by atoms with van der Waals surface area (Å²) in [6.45, 7) is 1.50. The maximum absolute atomic E-state index is 14.8. The van der Waals surface area contributed by atoms with Crippen LogP contribution < -0.4 is 10.5 Å². The lowest BCUT2D eigenvalue weighted by Gasteiger charge is -2.37. The normalized spacial score (nSPS) is 18.6. The van der Waals surface area contributed by atoms with Gasteiger partial charge >= 0.3 is 5.97 Å². The number of halogens is 3. The summed E-state index contributed by atoms with van der Waals surface area (Å²) in [5.41, 5.74) is 7.46. The van der Waals surface area contributed by atoms with Crippen LogP contribution in [0.5, 0.6) is 5.75 Å². The molecule has 38 heavy (non-hydrogen) atoms. The third-order valence-electron chi connectivity index (χ3n) is 7.15. The van der Waals surface area contributed by atoms with Gasteiger partial charge in [-0.25, -0.2) is 13.2 Å². The van der Waals surface area contributed by atoms with Crippen molar-refractivity contribution >= 4 is 16.9 Å². The molecule has 0 saturated carbocycles. The molecule has 2 unspecified atom stereocenters. The van der Waals surface area contributed by atoms with E-state index in [0.29, 0.717) is 54.7 Å². The molecule has 1 fully saturated rings. The van der Waals surface area contributed by atoms with Crippen LogP contribution in [0.1, 0.15) is 42.9 Å². The van der Waals surface area contributed by atoms with E-state index in [0.717, 1.165) is 24.6 Å². The number of rotatable bonds is 8. The van der Waals surface area contributed by atoms with Gasteiger partial charge < -0.3 is 15.6 Å². The van der Waals surface area contributed by atoms with Gasteiger partial charge in [0.05, 0.1) is 30.9 Å². The summed E-state index contributed by atoms with van der Waals surface area (Å²) in [4.78, 5) is 17.8. The Morgan fingerprint density at radius 2 is 2.03 bits per heavy atom. The Bertz CT molecular complexity index is 1370. The van der Waals surface area contributed by atoms with Crippen LogP contribution in [0.15, 0.2) is 42.6 Å². The minimum Gasteiger partial charge on any atom is -0.497 e. The Labute approximate surface area is 219 Å². The van der Waals surface area contributed by atoms with Gasteiger partial charge in [0.15, 0.2) is 0 Å². The molecule has 0 bridgehead atoms. The second kappa shape index (κ2) is 12.3. The van der Waals surface area contributed by atoms with Crippen molar-refractivity contribution in [3.8, 4) is 17.6 Å². The predicted octanol–water partition coefficient (Wildman–Crippen LogP) is 4.91. The molecule has 0 radical (unpaired) electrons. The van der Waals surface area contributed by atoms with Gasteiger partial charge in [-0.05, 0) is 74.0 Å². The number of carbonyl (C=O) groups is 1. The third kappa shape index (κ3) is 6.63. The smallest absolute Gasteiger partial charge is 0.303 e. The molecule has 200 valence electrons. The summed E-state index contributed by atoms with van der Waals surface area (Å²) < 4.78 is 47.3. The second-order valence-corrected chi connectivity index (χ2v) is 9.65. The molecule has 1 aliphatic rings. The first-order valence-electron chi connectivity index (χ1n) is 12.5. The lowest BCUT2D eigenvalue weighted by atomic mass is 9.79. The molecule has 2 aromatic carbocycles. The van der Waals surface area contributed by atoms with Crippen LogP contribution >= 0.6 is 0 Å². The van der Waals surface area contributed by atoms with Gasteiger partial charge in [0.2, 0.25) is 0 Å². The molecule has 6 nitrogen and oxygen atoms in total. The first kappa shape index (κ1) is 27.4. The SMILES string of the molecule is COc1ccc2ncc(F)c([C@H](N)CCC3CCN(CC#Cc4cc(F)ccc4F)CC3CC(=O)O)c2c1. The zero-order chi connectivity index (χ0) is 27.2. The zero-order valence-corrected chi connectivity index (χ0v) is 21.1. The number of fused-ring (bicyclic) bond motifs is 1. The Morgan fingerprint density at radius 1 is 1.21 bits per heavy atom. The minimum absolute atomic E-state index is 0.00783. The number of hydrogen-bond acceptors (Lipinski definition) is 5. The number of ether oxygens (including phenoxy) is 1. The molecule has 1 aliphatic heterocycles. The van der Waals surface area contributed by atoms with E-state index >= 15 is 0 Å². The van der Waals surface area contributed by atoms with Gasteiger partial charge in [-0.3, -0.25) is 14.7 Å². The highest BCUT2D eigenvalue weighted by molar-refractivity contribution is 5.84. The molecule has 1 aromatic heterocycles. The second-order valence-electron chi connectivity index (χ2n) is 9.65. The Kier molecular flexibility index (Phi) is 8.87. The number of hydrogen-bond donors (Lipinski definition) is 2. The van der Waals surface area contributed by atoms with Crippen LogP contribution in [0.2, 0.25) is 0 Å². The highest BCUT2D eigenvalue weighted by Crippen LogP contribution is 2.35. The molecule has 3 aromatic rings. The standard InChI is InChI=1S/C29H30F3N3O3/c1-38-22-6-9-27-23(15-22)29(25(32)16-34-27)26(33)8-4-18-10-12-35(17-20(18)14-28(36)37)11-2-3-19-13-21(30)5-7-24(19)31/h5-7,9,13,15-16,18,20,26H,4,8,10-12,14,17,33H2,1H3,(H,36,37)/t18?,20?,26-/m1/s1. The lowest BCUT2D eigenvalue weighted by molar-refractivity contribution is -0.139. The molecule has 9 heteroatoms. The molecular weight excluding hydrogens is 495 g/mol. The summed E-state index contributed by atoms with van der Waals surface area (Å²) in [5, 5.41) is 10.1. The summed E-state index contributed by atoms with van der Waals surface area (Å²) in [5.74, 6) is 3.55. The summed E-state index contributed by atoms with van der Waals surface area (Å²) in [6.07, 6.45) is 3.01. The lowest BCUT2D eigenvalue weighted by Crippen LogP contribution is -2.41. The van der Waals surface area contributed by atoms with Crippen LogP contribution in [0.4, 0.5) is 13.2 Å². The Morgan fingerprint density at radius 3 is 2.79 bits per heavy atom. The number of aliphatic carboxylic acids is 1. The van der Waals surface area contributed by atoms with Crippen LogP contribution in [0, 0.1) is 41.1 Å². The van der Waals surface area contributed by atoms with Gasteiger partial charge in [0.1, 0.15) is 23.2 Å². The molecule has 3 N–H and O–H groups in total. The van der Waals surface area contributed by atoms with Gasteiger partial charge in [-0.1, -0.05) is 11.8 Å². The highest BCUT2D eigenvalue weighted by Gasteiger charge is 2.31. The fourth-order valence-electron chi connectivity index (χ4n) is 5.18. The fraction of sp³-hybridized carbons (Fsp3) is 0.379. The van der Waals surface area contributed by atoms with E-state index in [1.807, 2.05) is 4.90 Å². The average molecular weight is 526 g/mol. The predicted molar refractivity (Wildman–Crippen MR) is 138 cm³/mol. The van der Waals surface area contributed by atoms with E-state index in [-0.39, 0.29) is 23.8 Å². The Balaban J connectivity index is 1.42. The van der Waals surface area contributed by atoms with E-state index in [4.69, 9.17) is 10.5 Å². The van der Waals surface area contributed by atoms with Gasteiger partial charge in [-0.15, -0.1) is 0 Å². The zero-order valence-electron chi connectivity index (χ0n) is 21.1. The van der Waals surface area contributed by atoms with Crippen molar-refractivity contribution in [2.45, 2.75) is 31.7 Å². The molecule has 4 rings (SSSR count). The number of benzene rings is 2. The van der Waals surface area contributed by atoms with Crippen molar-refractivity contribution in [2.75, 3.05) is 26.7 Å². The topological polar surface area (TPSA) is 88.7 Å². The molecule has 3 atom stereocenters. The van der Waals surface area contributed by atoms with Gasteiger partial charge in [0, 0.05) is 30.0 Å². The first-order valence-corrected chi connectivity index (χ1v) is 12.5. The van der Waals surface area contributed by atoms with E-state index in [1.165, 1.54) is 13.3 Å².